The fourth-order valence-corrected chi connectivity index (χ4v) is 2.26. The lowest BCUT2D eigenvalue weighted by Crippen LogP contribution is -2.48. The van der Waals surface area contributed by atoms with Gasteiger partial charge in [-0.15, -0.1) is 23.7 Å². The number of hydrogen-bond acceptors (Lipinski definition) is 3. The maximum absolute atomic E-state index is 11.6. The minimum atomic E-state index is 0. The van der Waals surface area contributed by atoms with Crippen molar-refractivity contribution < 1.29 is 4.79 Å². The van der Waals surface area contributed by atoms with Crippen LogP contribution in [0, 0.1) is 12.8 Å². The highest BCUT2D eigenvalue weighted by Crippen LogP contribution is 2.15. The summed E-state index contributed by atoms with van der Waals surface area (Å²) in [6.45, 7) is 4.83. The van der Waals surface area contributed by atoms with E-state index in [1.54, 1.807) is 0 Å². The second kappa shape index (κ2) is 5.49. The SMILES string of the molecule is Cc1ccsc1C(=O)NCC1CNC1.Cl. The molecule has 0 aliphatic carbocycles. The molecule has 0 bridgehead atoms. The molecule has 0 aromatic carbocycles. The quantitative estimate of drug-likeness (QED) is 0.847. The van der Waals surface area contributed by atoms with Gasteiger partial charge in [0.1, 0.15) is 0 Å². The van der Waals surface area contributed by atoms with Gasteiger partial charge in [0.25, 0.3) is 5.91 Å². The summed E-state index contributed by atoms with van der Waals surface area (Å²) in [5.74, 6) is 0.698. The van der Waals surface area contributed by atoms with E-state index in [1.807, 2.05) is 18.4 Å². The third kappa shape index (κ3) is 2.93. The summed E-state index contributed by atoms with van der Waals surface area (Å²) >= 11 is 1.51. The number of nitrogens with one attached hydrogen (secondary N) is 2. The van der Waals surface area contributed by atoms with Crippen molar-refractivity contribution in [3.05, 3.63) is 21.9 Å². The molecule has 1 amide bonds. The highest BCUT2D eigenvalue weighted by atomic mass is 35.5. The van der Waals surface area contributed by atoms with Crippen LogP contribution in [0.2, 0.25) is 0 Å². The van der Waals surface area contributed by atoms with Gasteiger partial charge < -0.3 is 10.6 Å². The van der Waals surface area contributed by atoms with Crippen molar-refractivity contribution in [2.75, 3.05) is 19.6 Å². The Morgan fingerprint density at radius 3 is 2.87 bits per heavy atom. The zero-order valence-corrected chi connectivity index (χ0v) is 10.2. The molecule has 0 spiro atoms. The average molecular weight is 247 g/mol. The Balaban J connectivity index is 0.00000112. The van der Waals surface area contributed by atoms with E-state index in [1.165, 1.54) is 11.3 Å². The lowest BCUT2D eigenvalue weighted by atomic mass is 10.0. The molecule has 0 unspecified atom stereocenters. The van der Waals surface area contributed by atoms with E-state index in [0.717, 1.165) is 30.1 Å². The van der Waals surface area contributed by atoms with Crippen LogP contribution in [0.1, 0.15) is 15.2 Å². The van der Waals surface area contributed by atoms with Gasteiger partial charge in [-0.3, -0.25) is 4.79 Å². The molecule has 1 fully saturated rings. The molecule has 15 heavy (non-hydrogen) atoms. The number of aryl methyl sites for hydroxylation is 1. The second-order valence-corrected chi connectivity index (χ2v) is 4.58. The molecule has 0 saturated carbocycles. The molecule has 1 aromatic rings. The number of hydrogen-bond donors (Lipinski definition) is 2. The largest absolute Gasteiger partial charge is 0.351 e. The first-order valence-corrected chi connectivity index (χ1v) is 5.68. The van der Waals surface area contributed by atoms with E-state index in [0.29, 0.717) is 5.92 Å². The number of carbonyl (C=O) groups excluding carboxylic acids is 1. The topological polar surface area (TPSA) is 41.1 Å². The van der Waals surface area contributed by atoms with E-state index >= 15 is 0 Å². The van der Waals surface area contributed by atoms with E-state index in [2.05, 4.69) is 10.6 Å². The molecule has 5 heteroatoms. The summed E-state index contributed by atoms with van der Waals surface area (Å²) in [5, 5.41) is 8.10. The van der Waals surface area contributed by atoms with E-state index in [-0.39, 0.29) is 18.3 Å². The van der Waals surface area contributed by atoms with Crippen LogP contribution in [-0.2, 0) is 0 Å². The van der Waals surface area contributed by atoms with Crippen LogP contribution in [0.5, 0.6) is 0 Å². The minimum absolute atomic E-state index is 0. The normalized spacial score (nSPS) is 15.3. The molecular weight excluding hydrogens is 232 g/mol. The number of thiophene rings is 1. The Hall–Kier alpha value is -0.580. The summed E-state index contributed by atoms with van der Waals surface area (Å²) in [7, 11) is 0. The van der Waals surface area contributed by atoms with Crippen molar-refractivity contribution >= 4 is 29.7 Å². The third-order valence-corrected chi connectivity index (χ3v) is 3.50. The van der Waals surface area contributed by atoms with Gasteiger partial charge in [-0.25, -0.2) is 0 Å². The highest BCUT2D eigenvalue weighted by molar-refractivity contribution is 7.12. The number of amides is 1. The predicted molar refractivity (Wildman–Crippen MR) is 65.0 cm³/mol. The molecule has 1 saturated heterocycles. The zero-order valence-electron chi connectivity index (χ0n) is 8.58. The van der Waals surface area contributed by atoms with Crippen molar-refractivity contribution in [3.63, 3.8) is 0 Å². The standard InChI is InChI=1S/C10H14N2OS.ClH/c1-7-2-3-14-9(7)10(13)12-6-8-4-11-5-8;/h2-3,8,11H,4-6H2,1H3,(H,12,13);1H. The Labute approximate surface area is 99.7 Å². The van der Waals surface area contributed by atoms with Gasteiger partial charge in [0.05, 0.1) is 4.88 Å². The molecule has 0 radical (unpaired) electrons. The molecule has 1 aliphatic rings. The predicted octanol–water partition coefficient (Wildman–Crippen LogP) is 1.43. The van der Waals surface area contributed by atoms with Crippen molar-refractivity contribution in [1.29, 1.82) is 0 Å². The van der Waals surface area contributed by atoms with Gasteiger partial charge >= 0.3 is 0 Å². The smallest absolute Gasteiger partial charge is 0.261 e. The van der Waals surface area contributed by atoms with Crippen molar-refractivity contribution in [2.45, 2.75) is 6.92 Å². The summed E-state index contributed by atoms with van der Waals surface area (Å²) in [6.07, 6.45) is 0. The Bertz CT molecular complexity index is 336. The summed E-state index contributed by atoms with van der Waals surface area (Å²) in [6, 6.07) is 1.98. The van der Waals surface area contributed by atoms with Gasteiger partial charge in [0.2, 0.25) is 0 Å². The summed E-state index contributed by atoms with van der Waals surface area (Å²) < 4.78 is 0. The number of carbonyl (C=O) groups is 1. The van der Waals surface area contributed by atoms with Gasteiger partial charge in [-0.2, -0.15) is 0 Å². The van der Waals surface area contributed by atoms with Crippen LogP contribution in [0.15, 0.2) is 11.4 Å². The molecule has 1 aromatic heterocycles. The Morgan fingerprint density at radius 1 is 1.67 bits per heavy atom. The van der Waals surface area contributed by atoms with Gasteiger partial charge in [0.15, 0.2) is 0 Å². The van der Waals surface area contributed by atoms with Gasteiger partial charge in [-0.05, 0) is 23.9 Å². The highest BCUT2D eigenvalue weighted by Gasteiger charge is 2.18. The number of rotatable bonds is 3. The molecular formula is C10H15ClN2OS. The molecule has 2 rings (SSSR count). The minimum Gasteiger partial charge on any atom is -0.351 e. The first-order chi connectivity index (χ1) is 6.77. The monoisotopic (exact) mass is 246 g/mol. The van der Waals surface area contributed by atoms with E-state index in [4.69, 9.17) is 0 Å². The molecule has 0 atom stereocenters. The van der Waals surface area contributed by atoms with Crippen molar-refractivity contribution in [3.8, 4) is 0 Å². The molecule has 1 aliphatic heterocycles. The average Bonchev–Trinajstić information content (AvgIpc) is 2.48. The maximum Gasteiger partial charge on any atom is 0.261 e. The third-order valence-electron chi connectivity index (χ3n) is 2.49. The van der Waals surface area contributed by atoms with Crippen LogP contribution >= 0.6 is 23.7 Å². The zero-order chi connectivity index (χ0) is 9.97. The summed E-state index contributed by atoms with van der Waals surface area (Å²) in [5.41, 5.74) is 1.07. The van der Waals surface area contributed by atoms with Crippen LogP contribution in [-0.4, -0.2) is 25.5 Å². The molecule has 84 valence electrons. The first kappa shape index (κ1) is 12.5. The van der Waals surface area contributed by atoms with Crippen LogP contribution in [0.4, 0.5) is 0 Å². The van der Waals surface area contributed by atoms with E-state index in [9.17, 15) is 4.79 Å². The van der Waals surface area contributed by atoms with Crippen molar-refractivity contribution in [1.82, 2.24) is 10.6 Å². The molecule has 2 N–H and O–H groups in total. The van der Waals surface area contributed by atoms with E-state index < -0.39 is 0 Å². The second-order valence-electron chi connectivity index (χ2n) is 3.67. The van der Waals surface area contributed by atoms with Gasteiger partial charge in [0, 0.05) is 25.6 Å². The Kier molecular flexibility index (Phi) is 4.57. The first-order valence-electron chi connectivity index (χ1n) is 4.80. The van der Waals surface area contributed by atoms with Gasteiger partial charge in [-0.1, -0.05) is 0 Å². The fourth-order valence-electron chi connectivity index (χ4n) is 1.42. The molecule has 3 nitrogen and oxygen atoms in total. The lowest BCUT2D eigenvalue weighted by Gasteiger charge is -2.26. The lowest BCUT2D eigenvalue weighted by molar-refractivity contribution is 0.0946. The van der Waals surface area contributed by atoms with Crippen LogP contribution in [0.25, 0.3) is 0 Å². The maximum atomic E-state index is 11.6. The number of halogens is 1. The Morgan fingerprint density at radius 2 is 2.40 bits per heavy atom. The van der Waals surface area contributed by atoms with Crippen LogP contribution in [0.3, 0.4) is 0 Å². The molecule has 2 heterocycles. The van der Waals surface area contributed by atoms with Crippen LogP contribution < -0.4 is 10.6 Å². The summed E-state index contributed by atoms with van der Waals surface area (Å²) in [4.78, 5) is 12.5. The van der Waals surface area contributed by atoms with Crippen molar-refractivity contribution in [2.24, 2.45) is 5.92 Å². The fraction of sp³-hybridized carbons (Fsp3) is 0.500.